The normalized spacial score (nSPS) is 32.5. The van der Waals surface area contributed by atoms with Crippen LogP contribution in [-0.4, -0.2) is 43.8 Å². The van der Waals surface area contributed by atoms with Gasteiger partial charge in [0, 0.05) is 7.11 Å². The van der Waals surface area contributed by atoms with Gasteiger partial charge in [-0.1, -0.05) is 0 Å². The SMILES string of the molecule is COCCN=C1NC(=O)C2(CCCC(C(F)(F)F)C2)N1. The van der Waals surface area contributed by atoms with E-state index in [2.05, 4.69) is 15.6 Å². The van der Waals surface area contributed by atoms with Gasteiger partial charge in [0.1, 0.15) is 5.54 Å². The summed E-state index contributed by atoms with van der Waals surface area (Å²) in [5, 5.41) is 5.37. The molecule has 0 bridgehead atoms. The second-order valence-electron chi connectivity index (χ2n) is 5.22. The van der Waals surface area contributed by atoms with Gasteiger partial charge in [0.25, 0.3) is 5.91 Å². The van der Waals surface area contributed by atoms with E-state index in [9.17, 15) is 18.0 Å². The maximum absolute atomic E-state index is 12.8. The number of nitrogens with zero attached hydrogens (tertiary/aromatic N) is 1. The Kier molecular flexibility index (Phi) is 4.22. The minimum Gasteiger partial charge on any atom is -0.383 e. The van der Waals surface area contributed by atoms with Gasteiger partial charge in [0.2, 0.25) is 0 Å². The fraction of sp³-hybridized carbons (Fsp3) is 0.833. The molecule has 0 aromatic carbocycles. The number of hydrogen-bond acceptors (Lipinski definition) is 3. The standard InChI is InChI=1S/C12H18F3N3O2/c1-20-6-5-16-10-17-9(19)11(18-10)4-2-3-8(7-11)12(13,14)15/h8H,2-7H2,1H3,(H2,16,17,18,19). The van der Waals surface area contributed by atoms with Crippen molar-refractivity contribution in [2.75, 3.05) is 20.3 Å². The molecule has 1 spiro atoms. The summed E-state index contributed by atoms with van der Waals surface area (Å²) in [6.45, 7) is 0.733. The molecule has 0 radical (unpaired) electrons. The first kappa shape index (κ1) is 15.1. The summed E-state index contributed by atoms with van der Waals surface area (Å²) < 4.78 is 43.4. The highest BCUT2D eigenvalue weighted by atomic mass is 19.4. The highest BCUT2D eigenvalue weighted by molar-refractivity contribution is 6.09. The second kappa shape index (κ2) is 5.59. The van der Waals surface area contributed by atoms with Crippen LogP contribution in [0.1, 0.15) is 25.7 Å². The summed E-state index contributed by atoms with van der Waals surface area (Å²) in [6, 6.07) is 0. The molecule has 2 fully saturated rings. The van der Waals surface area contributed by atoms with E-state index in [0.717, 1.165) is 0 Å². The molecule has 2 rings (SSSR count). The molecule has 1 aliphatic heterocycles. The molecule has 114 valence electrons. The van der Waals surface area contributed by atoms with Crippen molar-refractivity contribution >= 4 is 11.9 Å². The third-order valence-electron chi connectivity index (χ3n) is 3.80. The van der Waals surface area contributed by atoms with Crippen LogP contribution in [0.2, 0.25) is 0 Å². The maximum Gasteiger partial charge on any atom is 0.391 e. The number of hydrogen-bond donors (Lipinski definition) is 2. The van der Waals surface area contributed by atoms with Crippen molar-refractivity contribution in [1.82, 2.24) is 10.6 Å². The van der Waals surface area contributed by atoms with Crippen molar-refractivity contribution < 1.29 is 22.7 Å². The van der Waals surface area contributed by atoms with Crippen LogP contribution < -0.4 is 10.6 Å². The summed E-state index contributed by atoms with van der Waals surface area (Å²) in [4.78, 5) is 16.1. The smallest absolute Gasteiger partial charge is 0.383 e. The van der Waals surface area contributed by atoms with Gasteiger partial charge >= 0.3 is 6.18 Å². The molecule has 2 unspecified atom stereocenters. The largest absolute Gasteiger partial charge is 0.391 e. The summed E-state index contributed by atoms with van der Waals surface area (Å²) in [5.74, 6) is -1.61. The number of methoxy groups -OCH3 is 1. The van der Waals surface area contributed by atoms with E-state index in [4.69, 9.17) is 4.74 Å². The predicted octanol–water partition coefficient (Wildman–Crippen LogP) is 1.20. The molecule has 1 heterocycles. The molecule has 0 aromatic rings. The van der Waals surface area contributed by atoms with Gasteiger partial charge < -0.3 is 10.1 Å². The number of guanidine groups is 1. The quantitative estimate of drug-likeness (QED) is 0.769. The number of ether oxygens (including phenoxy) is 1. The second-order valence-corrected chi connectivity index (χ2v) is 5.22. The first-order valence-electron chi connectivity index (χ1n) is 6.57. The van der Waals surface area contributed by atoms with E-state index in [1.807, 2.05) is 0 Å². The van der Waals surface area contributed by atoms with Crippen LogP contribution in [0.15, 0.2) is 4.99 Å². The molecule has 20 heavy (non-hydrogen) atoms. The van der Waals surface area contributed by atoms with Crippen LogP contribution in [0.3, 0.4) is 0 Å². The van der Waals surface area contributed by atoms with E-state index >= 15 is 0 Å². The zero-order chi connectivity index (χ0) is 14.8. The van der Waals surface area contributed by atoms with Gasteiger partial charge in [-0.05, 0) is 25.7 Å². The van der Waals surface area contributed by atoms with Gasteiger partial charge in [0.05, 0.1) is 19.1 Å². The number of nitrogens with one attached hydrogen (secondary N) is 2. The minimum absolute atomic E-state index is 0.0797. The third kappa shape index (κ3) is 3.05. The molecule has 2 aliphatic rings. The van der Waals surface area contributed by atoms with E-state index in [-0.39, 0.29) is 18.8 Å². The number of carbonyl (C=O) groups excluding carboxylic acids is 1. The van der Waals surface area contributed by atoms with Gasteiger partial charge in [-0.15, -0.1) is 0 Å². The molecule has 1 saturated heterocycles. The zero-order valence-electron chi connectivity index (χ0n) is 11.2. The van der Waals surface area contributed by atoms with Crippen LogP contribution in [0.4, 0.5) is 13.2 Å². The Morgan fingerprint density at radius 2 is 2.25 bits per heavy atom. The van der Waals surface area contributed by atoms with Crippen LogP contribution in [0, 0.1) is 5.92 Å². The molecule has 1 amide bonds. The molecule has 2 N–H and O–H groups in total. The maximum atomic E-state index is 12.8. The molecular formula is C12H18F3N3O2. The number of halogens is 3. The van der Waals surface area contributed by atoms with E-state index < -0.39 is 23.5 Å². The van der Waals surface area contributed by atoms with Crippen LogP contribution >= 0.6 is 0 Å². The van der Waals surface area contributed by atoms with Crippen LogP contribution in [-0.2, 0) is 9.53 Å². The molecule has 2 atom stereocenters. The Bertz CT molecular complexity index is 411. The first-order valence-corrected chi connectivity index (χ1v) is 6.57. The molecule has 0 aromatic heterocycles. The molecular weight excluding hydrogens is 275 g/mol. The van der Waals surface area contributed by atoms with Gasteiger partial charge in [-0.25, -0.2) is 0 Å². The first-order chi connectivity index (χ1) is 9.37. The molecule has 1 aliphatic carbocycles. The monoisotopic (exact) mass is 293 g/mol. The minimum atomic E-state index is -4.26. The zero-order valence-corrected chi connectivity index (χ0v) is 11.2. The van der Waals surface area contributed by atoms with Crippen molar-refractivity contribution in [3.63, 3.8) is 0 Å². The third-order valence-corrected chi connectivity index (χ3v) is 3.80. The van der Waals surface area contributed by atoms with Crippen LogP contribution in [0.5, 0.6) is 0 Å². The average molecular weight is 293 g/mol. The number of aliphatic imine (C=N–C) groups is 1. The Morgan fingerprint density at radius 3 is 2.90 bits per heavy atom. The average Bonchev–Trinajstić information content (AvgIpc) is 2.65. The summed E-state index contributed by atoms with van der Waals surface area (Å²) in [5.41, 5.74) is -1.16. The Morgan fingerprint density at radius 1 is 1.50 bits per heavy atom. The van der Waals surface area contributed by atoms with E-state index in [0.29, 0.717) is 26.0 Å². The topological polar surface area (TPSA) is 62.7 Å². The predicted molar refractivity (Wildman–Crippen MR) is 66.2 cm³/mol. The fourth-order valence-electron chi connectivity index (χ4n) is 2.74. The van der Waals surface area contributed by atoms with E-state index in [1.165, 1.54) is 7.11 Å². The Hall–Kier alpha value is -1.31. The molecule has 8 heteroatoms. The Balaban J connectivity index is 2.07. The number of alkyl halides is 3. The van der Waals surface area contributed by atoms with E-state index in [1.54, 1.807) is 0 Å². The summed E-state index contributed by atoms with van der Waals surface area (Å²) in [6.07, 6.45) is -3.64. The number of rotatable bonds is 3. The molecule has 5 nitrogen and oxygen atoms in total. The summed E-state index contributed by atoms with van der Waals surface area (Å²) in [7, 11) is 1.53. The number of carbonyl (C=O) groups is 1. The van der Waals surface area contributed by atoms with Crippen molar-refractivity contribution in [2.45, 2.75) is 37.4 Å². The number of amides is 1. The highest BCUT2D eigenvalue weighted by Crippen LogP contribution is 2.42. The van der Waals surface area contributed by atoms with Gasteiger partial charge in [-0.3, -0.25) is 15.1 Å². The van der Waals surface area contributed by atoms with Crippen molar-refractivity contribution in [1.29, 1.82) is 0 Å². The van der Waals surface area contributed by atoms with Crippen molar-refractivity contribution in [2.24, 2.45) is 10.9 Å². The van der Waals surface area contributed by atoms with Crippen molar-refractivity contribution in [3.8, 4) is 0 Å². The lowest BCUT2D eigenvalue weighted by atomic mass is 9.75. The highest BCUT2D eigenvalue weighted by Gasteiger charge is 2.53. The Labute approximate surface area is 115 Å². The van der Waals surface area contributed by atoms with Gasteiger partial charge in [0.15, 0.2) is 5.96 Å². The summed E-state index contributed by atoms with van der Waals surface area (Å²) >= 11 is 0. The fourth-order valence-corrected chi connectivity index (χ4v) is 2.74. The molecule has 1 saturated carbocycles. The lowest BCUT2D eigenvalue weighted by Gasteiger charge is -2.36. The lowest BCUT2D eigenvalue weighted by Crippen LogP contribution is -2.52. The van der Waals surface area contributed by atoms with Crippen LogP contribution in [0.25, 0.3) is 0 Å². The van der Waals surface area contributed by atoms with Crippen molar-refractivity contribution in [3.05, 3.63) is 0 Å². The lowest BCUT2D eigenvalue weighted by molar-refractivity contribution is -0.187. The van der Waals surface area contributed by atoms with Gasteiger partial charge in [-0.2, -0.15) is 13.2 Å².